The van der Waals surface area contributed by atoms with Crippen molar-refractivity contribution in [2.75, 3.05) is 6.54 Å². The minimum atomic E-state index is -0.353. The lowest BCUT2D eigenvalue weighted by molar-refractivity contribution is 0.0953. The number of nitrogens with one attached hydrogen (secondary N) is 1. The minimum absolute atomic E-state index is 0.217. The average molecular weight is 283 g/mol. The Morgan fingerprint density at radius 1 is 1.10 bits per heavy atom. The van der Waals surface area contributed by atoms with Gasteiger partial charge in [-0.2, -0.15) is 0 Å². The molecule has 0 radical (unpaired) electrons. The molecule has 0 unspecified atom stereocenters. The molecule has 0 atom stereocenters. The van der Waals surface area contributed by atoms with E-state index in [-0.39, 0.29) is 11.7 Å². The Morgan fingerprint density at radius 2 is 1.86 bits per heavy atom. The van der Waals surface area contributed by atoms with Crippen molar-refractivity contribution >= 4 is 16.9 Å². The maximum absolute atomic E-state index is 12.8. The number of benzene rings is 2. The highest BCUT2D eigenvalue weighted by atomic mass is 19.1. The summed E-state index contributed by atoms with van der Waals surface area (Å²) in [5, 5.41) is 3.84. The van der Waals surface area contributed by atoms with Gasteiger partial charge >= 0.3 is 0 Å². The monoisotopic (exact) mass is 283 g/mol. The number of hydrogen-bond donors (Lipinski definition) is 1. The van der Waals surface area contributed by atoms with E-state index in [1.165, 1.54) is 24.3 Å². The summed E-state index contributed by atoms with van der Waals surface area (Å²) in [4.78, 5) is 11.9. The van der Waals surface area contributed by atoms with Crippen LogP contribution in [0.4, 0.5) is 4.39 Å². The van der Waals surface area contributed by atoms with Gasteiger partial charge in [0.05, 0.1) is 0 Å². The van der Waals surface area contributed by atoms with E-state index in [0.29, 0.717) is 18.5 Å². The van der Waals surface area contributed by atoms with Crippen molar-refractivity contribution in [3.05, 3.63) is 71.7 Å². The summed E-state index contributed by atoms with van der Waals surface area (Å²) in [5.74, 6) is 0.260. The SMILES string of the molecule is O=C(NCCc1cc2ccccc2o1)c1ccc(F)cc1. The molecule has 1 heterocycles. The Morgan fingerprint density at radius 3 is 2.62 bits per heavy atom. The molecule has 0 fully saturated rings. The van der Waals surface area contributed by atoms with E-state index in [2.05, 4.69) is 5.32 Å². The number of fused-ring (bicyclic) bond motifs is 1. The van der Waals surface area contributed by atoms with Crippen LogP contribution in [0.15, 0.2) is 59.0 Å². The number of carbonyl (C=O) groups excluding carboxylic acids is 1. The fourth-order valence-electron chi connectivity index (χ4n) is 2.16. The van der Waals surface area contributed by atoms with Crippen molar-refractivity contribution in [2.24, 2.45) is 0 Å². The maximum atomic E-state index is 12.8. The highest BCUT2D eigenvalue weighted by Crippen LogP contribution is 2.18. The van der Waals surface area contributed by atoms with E-state index in [4.69, 9.17) is 4.42 Å². The van der Waals surface area contributed by atoms with E-state index in [0.717, 1.165) is 16.7 Å². The first-order valence-electron chi connectivity index (χ1n) is 6.73. The van der Waals surface area contributed by atoms with Gasteiger partial charge in [0.2, 0.25) is 0 Å². The maximum Gasteiger partial charge on any atom is 0.251 e. The molecule has 3 nitrogen and oxygen atoms in total. The summed E-state index contributed by atoms with van der Waals surface area (Å²) in [6.07, 6.45) is 0.613. The first-order valence-corrected chi connectivity index (χ1v) is 6.73. The highest BCUT2D eigenvalue weighted by Gasteiger charge is 2.06. The van der Waals surface area contributed by atoms with Crippen LogP contribution in [0.3, 0.4) is 0 Å². The zero-order valence-corrected chi connectivity index (χ0v) is 11.3. The summed E-state index contributed by atoms with van der Waals surface area (Å²) in [7, 11) is 0. The third-order valence-corrected chi connectivity index (χ3v) is 3.24. The van der Waals surface area contributed by atoms with Crippen LogP contribution in [-0.4, -0.2) is 12.5 Å². The minimum Gasteiger partial charge on any atom is -0.461 e. The Balaban J connectivity index is 1.58. The number of halogens is 1. The Labute approximate surface area is 121 Å². The molecule has 1 N–H and O–H groups in total. The van der Waals surface area contributed by atoms with Crippen LogP contribution >= 0.6 is 0 Å². The lowest BCUT2D eigenvalue weighted by Crippen LogP contribution is -2.25. The molecule has 0 aliphatic carbocycles. The second kappa shape index (κ2) is 5.79. The van der Waals surface area contributed by atoms with E-state index >= 15 is 0 Å². The van der Waals surface area contributed by atoms with Crippen molar-refractivity contribution in [3.63, 3.8) is 0 Å². The predicted molar refractivity (Wildman–Crippen MR) is 78.7 cm³/mol. The molecule has 4 heteroatoms. The van der Waals surface area contributed by atoms with Crippen LogP contribution in [0.1, 0.15) is 16.1 Å². The van der Waals surface area contributed by atoms with Gasteiger partial charge in [0.25, 0.3) is 5.91 Å². The van der Waals surface area contributed by atoms with Crippen molar-refractivity contribution in [1.82, 2.24) is 5.32 Å². The van der Waals surface area contributed by atoms with Crippen LogP contribution in [-0.2, 0) is 6.42 Å². The smallest absolute Gasteiger partial charge is 0.251 e. The standard InChI is InChI=1S/C17H14FNO2/c18-14-7-5-12(6-8-14)17(20)19-10-9-15-11-13-3-1-2-4-16(13)21-15/h1-8,11H,9-10H2,(H,19,20). The van der Waals surface area contributed by atoms with Crippen LogP contribution in [0.25, 0.3) is 11.0 Å². The molecule has 0 saturated carbocycles. The summed E-state index contributed by atoms with van der Waals surface area (Å²) in [6, 6.07) is 15.2. The molecule has 3 aromatic rings. The molecule has 0 bridgehead atoms. The molecule has 21 heavy (non-hydrogen) atoms. The molecule has 1 amide bonds. The molecule has 3 rings (SSSR count). The number of furan rings is 1. The quantitative estimate of drug-likeness (QED) is 0.795. The number of amides is 1. The average Bonchev–Trinajstić information content (AvgIpc) is 2.90. The topological polar surface area (TPSA) is 42.2 Å². The van der Waals surface area contributed by atoms with Gasteiger partial charge < -0.3 is 9.73 Å². The van der Waals surface area contributed by atoms with Gasteiger partial charge in [-0.1, -0.05) is 18.2 Å². The van der Waals surface area contributed by atoms with Crippen LogP contribution in [0.2, 0.25) is 0 Å². The number of para-hydroxylation sites is 1. The first kappa shape index (κ1) is 13.4. The molecule has 2 aromatic carbocycles. The van der Waals surface area contributed by atoms with Gasteiger partial charge in [-0.3, -0.25) is 4.79 Å². The van der Waals surface area contributed by atoms with Crippen LogP contribution in [0.5, 0.6) is 0 Å². The van der Waals surface area contributed by atoms with E-state index in [1.807, 2.05) is 30.3 Å². The number of rotatable bonds is 4. The van der Waals surface area contributed by atoms with E-state index in [9.17, 15) is 9.18 Å². The molecular formula is C17H14FNO2. The summed E-state index contributed by atoms with van der Waals surface area (Å²) in [6.45, 7) is 0.468. The van der Waals surface area contributed by atoms with Crippen LogP contribution < -0.4 is 5.32 Å². The Hall–Kier alpha value is -2.62. The first-order chi connectivity index (χ1) is 10.2. The lowest BCUT2D eigenvalue weighted by Gasteiger charge is -2.03. The second-order valence-corrected chi connectivity index (χ2v) is 4.76. The van der Waals surface area contributed by atoms with Crippen LogP contribution in [0, 0.1) is 5.82 Å². The molecular weight excluding hydrogens is 269 g/mol. The fraction of sp³-hybridized carbons (Fsp3) is 0.118. The van der Waals surface area contributed by atoms with Gasteiger partial charge in [0, 0.05) is 23.9 Å². The predicted octanol–water partition coefficient (Wildman–Crippen LogP) is 3.54. The summed E-state index contributed by atoms with van der Waals surface area (Å²) in [5.41, 5.74) is 1.29. The molecule has 1 aromatic heterocycles. The van der Waals surface area contributed by atoms with E-state index < -0.39 is 0 Å². The van der Waals surface area contributed by atoms with Crippen molar-refractivity contribution in [2.45, 2.75) is 6.42 Å². The third kappa shape index (κ3) is 3.11. The number of carbonyl (C=O) groups is 1. The van der Waals surface area contributed by atoms with Gasteiger partial charge in [-0.25, -0.2) is 4.39 Å². The molecule has 0 saturated heterocycles. The van der Waals surface area contributed by atoms with Crippen molar-refractivity contribution < 1.29 is 13.6 Å². The van der Waals surface area contributed by atoms with Crippen molar-refractivity contribution in [3.8, 4) is 0 Å². The number of hydrogen-bond acceptors (Lipinski definition) is 2. The second-order valence-electron chi connectivity index (χ2n) is 4.76. The molecule has 0 spiro atoms. The summed E-state index contributed by atoms with van der Waals surface area (Å²) < 4.78 is 18.5. The van der Waals surface area contributed by atoms with Crippen molar-refractivity contribution in [1.29, 1.82) is 0 Å². The summed E-state index contributed by atoms with van der Waals surface area (Å²) >= 11 is 0. The zero-order chi connectivity index (χ0) is 14.7. The largest absolute Gasteiger partial charge is 0.461 e. The Kier molecular flexibility index (Phi) is 3.69. The van der Waals surface area contributed by atoms with Gasteiger partial charge in [0.15, 0.2) is 0 Å². The lowest BCUT2D eigenvalue weighted by atomic mass is 10.2. The molecule has 0 aliphatic heterocycles. The van der Waals surface area contributed by atoms with Gasteiger partial charge in [-0.15, -0.1) is 0 Å². The highest BCUT2D eigenvalue weighted by molar-refractivity contribution is 5.94. The molecule has 106 valence electrons. The third-order valence-electron chi connectivity index (χ3n) is 3.24. The van der Waals surface area contributed by atoms with Gasteiger partial charge in [0.1, 0.15) is 17.2 Å². The molecule has 0 aliphatic rings. The normalized spacial score (nSPS) is 10.7. The van der Waals surface area contributed by atoms with Gasteiger partial charge in [-0.05, 0) is 36.4 Å². The Bertz CT molecular complexity index is 729. The zero-order valence-electron chi connectivity index (χ0n) is 11.3. The van der Waals surface area contributed by atoms with E-state index in [1.54, 1.807) is 0 Å². The fourth-order valence-corrected chi connectivity index (χ4v) is 2.16.